The predicted molar refractivity (Wildman–Crippen MR) is 79.1 cm³/mol. The van der Waals surface area contributed by atoms with Gasteiger partial charge in [0.25, 0.3) is 5.91 Å². The lowest BCUT2D eigenvalue weighted by molar-refractivity contribution is 0.0826. The molecule has 0 aliphatic heterocycles. The largest absolute Gasteiger partial charge is 0.375 e. The van der Waals surface area contributed by atoms with Gasteiger partial charge in [-0.05, 0) is 18.9 Å². The van der Waals surface area contributed by atoms with E-state index in [4.69, 9.17) is 9.26 Å². The molecule has 1 heterocycles. The van der Waals surface area contributed by atoms with E-state index in [9.17, 15) is 4.79 Å². The highest BCUT2D eigenvalue weighted by molar-refractivity contribution is 5.96. The fourth-order valence-corrected chi connectivity index (χ4v) is 2.23. The number of carbonyl (C=O) groups is 1. The first-order chi connectivity index (χ1) is 10.2. The van der Waals surface area contributed by atoms with Crippen LogP contribution < -0.4 is 5.32 Å². The first-order valence-corrected chi connectivity index (χ1v) is 6.98. The number of nitrogens with zero attached hydrogens (tertiary/aromatic N) is 1. The molecular weight excluding hydrogens is 268 g/mol. The molecule has 1 N–H and O–H groups in total. The van der Waals surface area contributed by atoms with E-state index in [0.29, 0.717) is 30.0 Å². The molecule has 5 heteroatoms. The second-order valence-corrected chi connectivity index (χ2v) is 4.76. The Morgan fingerprint density at radius 2 is 2.10 bits per heavy atom. The molecule has 1 aromatic heterocycles. The number of rotatable bonds is 6. The minimum Gasteiger partial charge on any atom is -0.375 e. The van der Waals surface area contributed by atoms with E-state index in [-0.39, 0.29) is 12.0 Å². The van der Waals surface area contributed by atoms with Crippen LogP contribution in [0.1, 0.15) is 40.4 Å². The van der Waals surface area contributed by atoms with Crippen LogP contribution in [-0.4, -0.2) is 24.7 Å². The van der Waals surface area contributed by atoms with Crippen LogP contribution >= 0.6 is 0 Å². The summed E-state index contributed by atoms with van der Waals surface area (Å²) in [4.78, 5) is 12.3. The van der Waals surface area contributed by atoms with Crippen molar-refractivity contribution in [1.82, 2.24) is 10.5 Å². The summed E-state index contributed by atoms with van der Waals surface area (Å²) in [6.45, 7) is 4.08. The summed E-state index contributed by atoms with van der Waals surface area (Å²) in [7, 11) is 1.63. The molecule has 2 rings (SSSR count). The number of methoxy groups -OCH3 is 1. The maximum absolute atomic E-state index is 12.3. The minimum absolute atomic E-state index is 0.177. The minimum atomic E-state index is -0.180. The van der Waals surface area contributed by atoms with E-state index in [2.05, 4.69) is 10.5 Å². The van der Waals surface area contributed by atoms with Crippen molar-refractivity contribution in [2.75, 3.05) is 13.7 Å². The van der Waals surface area contributed by atoms with Crippen molar-refractivity contribution < 1.29 is 14.1 Å². The molecule has 0 aliphatic rings. The zero-order chi connectivity index (χ0) is 15.2. The van der Waals surface area contributed by atoms with Crippen molar-refractivity contribution in [3.63, 3.8) is 0 Å². The summed E-state index contributed by atoms with van der Waals surface area (Å²) in [5.41, 5.74) is 2.23. The second-order valence-electron chi connectivity index (χ2n) is 4.76. The zero-order valence-electron chi connectivity index (χ0n) is 12.6. The van der Waals surface area contributed by atoms with Gasteiger partial charge in [0.2, 0.25) is 0 Å². The topological polar surface area (TPSA) is 64.4 Å². The highest BCUT2D eigenvalue weighted by Gasteiger charge is 2.20. The van der Waals surface area contributed by atoms with Crippen LogP contribution in [-0.2, 0) is 11.2 Å². The molecule has 0 saturated heterocycles. The molecule has 112 valence electrons. The monoisotopic (exact) mass is 288 g/mol. The number of aromatic nitrogens is 1. The van der Waals surface area contributed by atoms with Gasteiger partial charge in [-0.3, -0.25) is 4.79 Å². The lowest BCUT2D eigenvalue weighted by Gasteiger charge is -2.16. The van der Waals surface area contributed by atoms with Crippen molar-refractivity contribution in [2.45, 2.75) is 26.4 Å². The van der Waals surface area contributed by atoms with Crippen molar-refractivity contribution >= 4 is 5.91 Å². The number of ether oxygens (including phenoxy) is 1. The normalized spacial score (nSPS) is 12.1. The van der Waals surface area contributed by atoms with Crippen LogP contribution in [0, 0.1) is 6.92 Å². The van der Waals surface area contributed by atoms with Crippen LogP contribution in [0.2, 0.25) is 0 Å². The van der Waals surface area contributed by atoms with Gasteiger partial charge in [-0.2, -0.15) is 0 Å². The molecule has 0 unspecified atom stereocenters. The second kappa shape index (κ2) is 7.04. The Morgan fingerprint density at radius 1 is 1.38 bits per heavy atom. The first-order valence-electron chi connectivity index (χ1n) is 6.98. The maximum Gasteiger partial charge on any atom is 0.256 e. The molecule has 0 spiro atoms. The quantitative estimate of drug-likeness (QED) is 0.887. The van der Waals surface area contributed by atoms with Crippen molar-refractivity contribution in [2.24, 2.45) is 0 Å². The van der Waals surface area contributed by atoms with Gasteiger partial charge < -0.3 is 14.6 Å². The smallest absolute Gasteiger partial charge is 0.256 e. The highest BCUT2D eigenvalue weighted by Crippen LogP contribution is 2.17. The Kier molecular flexibility index (Phi) is 5.11. The molecule has 1 atom stereocenters. The van der Waals surface area contributed by atoms with Crippen molar-refractivity contribution in [3.8, 4) is 0 Å². The number of aryl methyl sites for hydroxylation is 2. The molecule has 0 fully saturated rings. The molecule has 0 saturated carbocycles. The fourth-order valence-electron chi connectivity index (χ4n) is 2.23. The Morgan fingerprint density at radius 3 is 2.71 bits per heavy atom. The average molecular weight is 288 g/mol. The summed E-state index contributed by atoms with van der Waals surface area (Å²) >= 11 is 0. The Bertz CT molecular complexity index is 593. The number of hydrogen-bond donors (Lipinski definition) is 1. The number of benzene rings is 1. The molecule has 1 aromatic carbocycles. The maximum atomic E-state index is 12.3. The molecule has 2 aromatic rings. The van der Waals surface area contributed by atoms with Gasteiger partial charge >= 0.3 is 0 Å². The molecule has 0 radical (unpaired) electrons. The van der Waals surface area contributed by atoms with Crippen LogP contribution in [0.3, 0.4) is 0 Å². The van der Waals surface area contributed by atoms with Crippen LogP contribution in [0.25, 0.3) is 0 Å². The van der Waals surface area contributed by atoms with Gasteiger partial charge in [0.1, 0.15) is 11.3 Å². The van der Waals surface area contributed by atoms with Gasteiger partial charge in [0.15, 0.2) is 0 Å². The Labute approximate surface area is 124 Å². The van der Waals surface area contributed by atoms with Gasteiger partial charge in [0.05, 0.1) is 11.8 Å². The third-order valence-corrected chi connectivity index (χ3v) is 3.40. The van der Waals surface area contributed by atoms with Gasteiger partial charge in [-0.25, -0.2) is 0 Å². The summed E-state index contributed by atoms with van der Waals surface area (Å²) < 4.78 is 10.5. The fraction of sp³-hybridized carbons (Fsp3) is 0.375. The highest BCUT2D eigenvalue weighted by atomic mass is 16.5. The standard InChI is InChI=1S/C16H20N2O3/c1-4-13-15(11(2)21-18-13)16(19)17-10-14(20-3)12-8-6-5-7-9-12/h5-9,14H,4,10H2,1-3H3,(H,17,19)/t14-/m1/s1. The van der Waals surface area contributed by atoms with Crippen LogP contribution in [0.15, 0.2) is 34.9 Å². The van der Waals surface area contributed by atoms with E-state index in [1.807, 2.05) is 37.3 Å². The third-order valence-electron chi connectivity index (χ3n) is 3.40. The van der Waals surface area contributed by atoms with E-state index < -0.39 is 0 Å². The summed E-state index contributed by atoms with van der Waals surface area (Å²) in [5.74, 6) is 0.363. The molecule has 5 nitrogen and oxygen atoms in total. The lowest BCUT2D eigenvalue weighted by atomic mass is 10.1. The van der Waals surface area contributed by atoms with Gasteiger partial charge in [-0.15, -0.1) is 0 Å². The molecule has 0 bridgehead atoms. The molecule has 21 heavy (non-hydrogen) atoms. The van der Waals surface area contributed by atoms with E-state index in [1.54, 1.807) is 14.0 Å². The van der Waals surface area contributed by atoms with E-state index >= 15 is 0 Å². The van der Waals surface area contributed by atoms with Crippen LogP contribution in [0.5, 0.6) is 0 Å². The average Bonchev–Trinajstić information content (AvgIpc) is 2.89. The van der Waals surface area contributed by atoms with Gasteiger partial charge in [-0.1, -0.05) is 42.4 Å². The lowest BCUT2D eigenvalue weighted by Crippen LogP contribution is -2.30. The summed E-state index contributed by atoms with van der Waals surface area (Å²) in [6, 6.07) is 9.79. The molecular formula is C16H20N2O3. The SMILES string of the molecule is CCc1noc(C)c1C(=O)NC[C@@H](OC)c1ccccc1. The van der Waals surface area contributed by atoms with Crippen molar-refractivity contribution in [3.05, 3.63) is 52.9 Å². The van der Waals surface area contributed by atoms with Crippen LogP contribution in [0.4, 0.5) is 0 Å². The number of nitrogens with one attached hydrogen (secondary N) is 1. The summed E-state index contributed by atoms with van der Waals surface area (Å²) in [6.07, 6.45) is 0.479. The summed E-state index contributed by atoms with van der Waals surface area (Å²) in [5, 5.41) is 6.78. The Balaban J connectivity index is 2.04. The number of hydrogen-bond acceptors (Lipinski definition) is 4. The van der Waals surface area contributed by atoms with Gasteiger partial charge in [0, 0.05) is 13.7 Å². The van der Waals surface area contributed by atoms with E-state index in [1.165, 1.54) is 0 Å². The Hall–Kier alpha value is -2.14. The molecule has 1 amide bonds. The first kappa shape index (κ1) is 15.3. The third kappa shape index (κ3) is 3.49. The molecule has 0 aliphatic carbocycles. The predicted octanol–water partition coefficient (Wildman–Crippen LogP) is 2.66. The number of carbonyl (C=O) groups excluding carboxylic acids is 1. The van der Waals surface area contributed by atoms with Crippen molar-refractivity contribution in [1.29, 1.82) is 0 Å². The number of amides is 1. The van der Waals surface area contributed by atoms with E-state index in [0.717, 1.165) is 5.56 Å². The zero-order valence-corrected chi connectivity index (χ0v) is 12.6.